The first-order valence-electron chi connectivity index (χ1n) is 9.28. The Morgan fingerprint density at radius 3 is 2.36 bits per heavy atom. The van der Waals surface area contributed by atoms with Crippen molar-refractivity contribution >= 4 is 29.0 Å². The molecule has 1 saturated heterocycles. The van der Waals surface area contributed by atoms with Crippen LogP contribution < -0.4 is 10.2 Å². The molecule has 28 heavy (non-hydrogen) atoms. The average Bonchev–Trinajstić information content (AvgIpc) is 2.67. The van der Waals surface area contributed by atoms with Crippen LogP contribution in [0.2, 0.25) is 10.0 Å². The lowest BCUT2D eigenvalue weighted by Crippen LogP contribution is -2.54. The van der Waals surface area contributed by atoms with Gasteiger partial charge in [0.05, 0.1) is 5.02 Å². The molecule has 0 saturated carbocycles. The Morgan fingerprint density at radius 2 is 1.68 bits per heavy atom. The molecule has 5 nitrogen and oxygen atoms in total. The molecule has 7 heteroatoms. The lowest BCUT2D eigenvalue weighted by Gasteiger charge is -2.37. The van der Waals surface area contributed by atoms with E-state index in [0.29, 0.717) is 28.0 Å². The summed E-state index contributed by atoms with van der Waals surface area (Å²) in [7, 11) is 0. The summed E-state index contributed by atoms with van der Waals surface area (Å²) in [6, 6.07) is 16.0. The Bertz CT molecular complexity index is 970. The Labute approximate surface area is 174 Å². The lowest BCUT2D eigenvalue weighted by molar-refractivity contribution is 0.405. The molecule has 1 aromatic heterocycles. The molecule has 2 heterocycles. The molecular formula is C21H21Cl2N5. The highest BCUT2D eigenvalue weighted by Crippen LogP contribution is 2.32. The molecule has 0 spiro atoms. The fraction of sp³-hybridized carbons (Fsp3) is 0.286. The second-order valence-electron chi connectivity index (χ2n) is 7.17. The highest BCUT2D eigenvalue weighted by atomic mass is 35.5. The SMILES string of the molecule is C[C@@H]1CN(c2nc(-c3ccc(Cl)cc3Cl)nnc2-c2ccccc2)C[C@H](C)N1. The molecule has 144 valence electrons. The predicted octanol–water partition coefficient (Wildman–Crippen LogP) is 4.70. The van der Waals surface area contributed by atoms with Gasteiger partial charge in [0.15, 0.2) is 11.6 Å². The van der Waals surface area contributed by atoms with Gasteiger partial charge in [0.2, 0.25) is 0 Å². The largest absolute Gasteiger partial charge is 0.352 e. The quantitative estimate of drug-likeness (QED) is 0.674. The Hall–Kier alpha value is -2.21. The number of hydrogen-bond acceptors (Lipinski definition) is 5. The zero-order valence-electron chi connectivity index (χ0n) is 15.7. The number of benzene rings is 2. The molecule has 0 bridgehead atoms. The lowest BCUT2D eigenvalue weighted by atomic mass is 10.1. The van der Waals surface area contributed by atoms with E-state index in [2.05, 4.69) is 34.3 Å². The summed E-state index contributed by atoms with van der Waals surface area (Å²) >= 11 is 12.4. The molecule has 1 fully saturated rings. The van der Waals surface area contributed by atoms with Gasteiger partial charge in [-0.15, -0.1) is 10.2 Å². The third-order valence-electron chi connectivity index (χ3n) is 4.74. The van der Waals surface area contributed by atoms with Crippen LogP contribution in [0.1, 0.15) is 13.8 Å². The van der Waals surface area contributed by atoms with Gasteiger partial charge >= 0.3 is 0 Å². The molecule has 0 radical (unpaired) electrons. The molecular weight excluding hydrogens is 393 g/mol. The number of aromatic nitrogens is 3. The molecule has 4 rings (SSSR count). The third-order valence-corrected chi connectivity index (χ3v) is 5.29. The van der Waals surface area contributed by atoms with Gasteiger partial charge < -0.3 is 10.2 Å². The van der Waals surface area contributed by atoms with Gasteiger partial charge in [0.1, 0.15) is 5.69 Å². The van der Waals surface area contributed by atoms with Crippen molar-refractivity contribution in [2.45, 2.75) is 25.9 Å². The van der Waals surface area contributed by atoms with Crippen molar-refractivity contribution in [3.8, 4) is 22.6 Å². The van der Waals surface area contributed by atoms with Crippen molar-refractivity contribution in [1.29, 1.82) is 0 Å². The van der Waals surface area contributed by atoms with E-state index in [0.717, 1.165) is 35.7 Å². The maximum atomic E-state index is 6.39. The standard InChI is InChI=1S/C21H21Cl2N5/c1-13-11-28(12-14(2)24-13)21-19(15-6-4-3-5-7-15)26-27-20(25-21)17-9-8-16(22)10-18(17)23/h3-10,13-14,24H,11-12H2,1-2H3/t13-,14+. The summed E-state index contributed by atoms with van der Waals surface area (Å²) in [6.07, 6.45) is 0. The minimum absolute atomic E-state index is 0.352. The van der Waals surface area contributed by atoms with E-state index in [-0.39, 0.29) is 0 Å². The maximum absolute atomic E-state index is 6.39. The van der Waals surface area contributed by atoms with Crippen LogP contribution in [-0.2, 0) is 0 Å². The summed E-state index contributed by atoms with van der Waals surface area (Å²) in [5.41, 5.74) is 2.48. The highest BCUT2D eigenvalue weighted by molar-refractivity contribution is 6.36. The van der Waals surface area contributed by atoms with E-state index in [9.17, 15) is 0 Å². The van der Waals surface area contributed by atoms with E-state index in [1.807, 2.05) is 36.4 Å². The predicted molar refractivity (Wildman–Crippen MR) is 115 cm³/mol. The second-order valence-corrected chi connectivity index (χ2v) is 8.02. The van der Waals surface area contributed by atoms with Gasteiger partial charge in [0, 0.05) is 41.3 Å². The van der Waals surface area contributed by atoms with Crippen molar-refractivity contribution in [3.63, 3.8) is 0 Å². The van der Waals surface area contributed by atoms with Gasteiger partial charge in [-0.25, -0.2) is 4.98 Å². The average molecular weight is 414 g/mol. The van der Waals surface area contributed by atoms with Crippen LogP contribution in [0.3, 0.4) is 0 Å². The smallest absolute Gasteiger partial charge is 0.185 e. The summed E-state index contributed by atoms with van der Waals surface area (Å²) in [5, 5.41) is 13.6. The van der Waals surface area contributed by atoms with Crippen LogP contribution in [-0.4, -0.2) is 40.4 Å². The highest BCUT2D eigenvalue weighted by Gasteiger charge is 2.26. The Morgan fingerprint density at radius 1 is 0.964 bits per heavy atom. The van der Waals surface area contributed by atoms with Crippen LogP contribution >= 0.6 is 23.2 Å². The first kappa shape index (κ1) is 19.1. The first-order valence-corrected chi connectivity index (χ1v) is 10.0. The topological polar surface area (TPSA) is 53.9 Å². The van der Waals surface area contributed by atoms with E-state index in [1.165, 1.54) is 0 Å². The number of rotatable bonds is 3. The van der Waals surface area contributed by atoms with Gasteiger partial charge in [-0.05, 0) is 32.0 Å². The number of halogens is 2. The van der Waals surface area contributed by atoms with Crippen LogP contribution in [0.15, 0.2) is 48.5 Å². The maximum Gasteiger partial charge on any atom is 0.185 e. The molecule has 3 aromatic rings. The van der Waals surface area contributed by atoms with E-state index in [1.54, 1.807) is 12.1 Å². The second kappa shape index (κ2) is 8.03. The van der Waals surface area contributed by atoms with Crippen molar-refractivity contribution in [2.75, 3.05) is 18.0 Å². The van der Waals surface area contributed by atoms with E-state index in [4.69, 9.17) is 28.2 Å². The molecule has 1 aliphatic heterocycles. The van der Waals surface area contributed by atoms with E-state index >= 15 is 0 Å². The molecule has 0 amide bonds. The fourth-order valence-corrected chi connectivity index (χ4v) is 4.10. The van der Waals surface area contributed by atoms with Crippen molar-refractivity contribution < 1.29 is 0 Å². The third kappa shape index (κ3) is 3.97. The fourth-order valence-electron chi connectivity index (χ4n) is 3.61. The van der Waals surface area contributed by atoms with Gasteiger partial charge in [-0.3, -0.25) is 0 Å². The minimum Gasteiger partial charge on any atom is -0.352 e. The van der Waals surface area contributed by atoms with Crippen LogP contribution in [0.4, 0.5) is 5.82 Å². The zero-order valence-corrected chi connectivity index (χ0v) is 17.2. The number of anilines is 1. The summed E-state index contributed by atoms with van der Waals surface area (Å²) in [6.45, 7) is 6.04. The number of nitrogens with zero attached hydrogens (tertiary/aromatic N) is 4. The summed E-state index contributed by atoms with van der Waals surface area (Å²) < 4.78 is 0. The molecule has 2 atom stereocenters. The minimum atomic E-state index is 0.352. The normalized spacial score (nSPS) is 19.6. The number of piperazine rings is 1. The van der Waals surface area contributed by atoms with Gasteiger partial charge in [-0.2, -0.15) is 0 Å². The van der Waals surface area contributed by atoms with Crippen molar-refractivity contribution in [3.05, 3.63) is 58.6 Å². The number of hydrogen-bond donors (Lipinski definition) is 1. The summed E-state index contributed by atoms with van der Waals surface area (Å²) in [4.78, 5) is 7.17. The monoisotopic (exact) mass is 413 g/mol. The summed E-state index contributed by atoms with van der Waals surface area (Å²) in [5.74, 6) is 1.32. The van der Waals surface area contributed by atoms with Crippen LogP contribution in [0.25, 0.3) is 22.6 Å². The van der Waals surface area contributed by atoms with Gasteiger partial charge in [-0.1, -0.05) is 53.5 Å². The van der Waals surface area contributed by atoms with Gasteiger partial charge in [0.25, 0.3) is 0 Å². The van der Waals surface area contributed by atoms with Crippen molar-refractivity contribution in [1.82, 2.24) is 20.5 Å². The van der Waals surface area contributed by atoms with Crippen LogP contribution in [0.5, 0.6) is 0 Å². The van der Waals surface area contributed by atoms with Crippen molar-refractivity contribution in [2.24, 2.45) is 0 Å². The van der Waals surface area contributed by atoms with Crippen LogP contribution in [0, 0.1) is 0 Å². The Kier molecular flexibility index (Phi) is 5.49. The molecule has 1 aliphatic rings. The molecule has 0 aliphatic carbocycles. The molecule has 2 aromatic carbocycles. The van der Waals surface area contributed by atoms with E-state index < -0.39 is 0 Å². The molecule has 0 unspecified atom stereocenters. The number of nitrogens with one attached hydrogen (secondary N) is 1. The Balaban J connectivity index is 1.84. The first-order chi connectivity index (χ1) is 13.5. The molecule has 1 N–H and O–H groups in total. The zero-order chi connectivity index (χ0) is 19.7.